The Bertz CT molecular complexity index is 881. The molecule has 238 valence electrons. The molecule has 0 N–H and O–H groups in total. The van der Waals surface area contributed by atoms with Gasteiger partial charge in [-0.2, -0.15) is 0 Å². The van der Waals surface area contributed by atoms with Crippen molar-refractivity contribution < 1.29 is 28.0 Å². The first kappa shape index (κ1) is 37.9. The molecule has 2 unspecified atom stereocenters. The molecule has 8 heteroatoms. The lowest BCUT2D eigenvalue weighted by Gasteiger charge is -2.40. The Hall–Kier alpha value is -1.10. The van der Waals surface area contributed by atoms with Gasteiger partial charge < -0.3 is 13.6 Å². The maximum Gasteiger partial charge on any atom is 0.305 e. The molecule has 1 aliphatic carbocycles. The molecule has 0 radical (unpaired) electrons. The van der Waals surface area contributed by atoms with Gasteiger partial charge in [0.2, 0.25) is 0 Å². The zero-order valence-corrected chi connectivity index (χ0v) is 30.5. The Morgan fingerprint density at radius 1 is 0.927 bits per heavy atom. The van der Waals surface area contributed by atoms with E-state index in [4.69, 9.17) is 13.6 Å². The third-order valence-corrected chi connectivity index (χ3v) is 18.6. The van der Waals surface area contributed by atoms with Crippen LogP contribution in [0, 0.1) is 11.8 Å². The summed E-state index contributed by atoms with van der Waals surface area (Å²) < 4.78 is 18.4. The number of Topliss-reactive ketones (excluding diaryl/α,β-unsaturated/α-hetero) is 2. The first-order valence-corrected chi connectivity index (χ1v) is 21.7. The van der Waals surface area contributed by atoms with Gasteiger partial charge in [-0.1, -0.05) is 79.9 Å². The lowest BCUT2D eigenvalue weighted by molar-refractivity contribution is -0.140. The van der Waals surface area contributed by atoms with Gasteiger partial charge in [0.05, 0.1) is 19.3 Å². The molecule has 0 aromatic rings. The molecule has 0 aliphatic heterocycles. The Kier molecular flexibility index (Phi) is 14.9. The number of methoxy groups -OCH3 is 1. The average molecular weight is 611 g/mol. The number of carbonyl (C=O) groups excluding carboxylic acids is 3. The number of ketones is 2. The topological polar surface area (TPSA) is 78.9 Å². The Labute approximate surface area is 254 Å². The molecule has 4 atom stereocenters. The summed E-state index contributed by atoms with van der Waals surface area (Å²) in [7, 11) is -2.76. The van der Waals surface area contributed by atoms with Gasteiger partial charge in [0, 0.05) is 37.5 Å². The fourth-order valence-corrected chi connectivity index (χ4v) is 7.44. The quantitative estimate of drug-likeness (QED) is 0.0709. The molecular formula is C33H62O6Si2. The molecule has 1 aliphatic rings. The Morgan fingerprint density at radius 3 is 2.05 bits per heavy atom. The number of rotatable bonds is 17. The van der Waals surface area contributed by atoms with Crippen LogP contribution in [0.4, 0.5) is 0 Å². The smallest absolute Gasteiger partial charge is 0.305 e. The molecule has 0 heterocycles. The summed E-state index contributed by atoms with van der Waals surface area (Å²) in [5.74, 6) is -0.575. The number of carbonyl (C=O) groups is 3. The standard InChI is InChI=1S/C33H62O6Si2/c1-13-14-15-19-26(38-40(9,10)32(2,3)4)21-22-27-28(23-25(34)18-16-17-20-31(36)37-8)29(35)24-30(27)39-41(11,12)33(5,6)7/h21-22,26-28,30H,13-20,23-24H2,1-12H3/t26?,27-,28-,30?/m1/s1. The van der Waals surface area contributed by atoms with Crippen molar-refractivity contribution in [2.75, 3.05) is 7.11 Å². The van der Waals surface area contributed by atoms with Crippen molar-refractivity contribution in [2.45, 2.75) is 161 Å². The van der Waals surface area contributed by atoms with Crippen LogP contribution in [-0.2, 0) is 28.0 Å². The van der Waals surface area contributed by atoms with Crippen LogP contribution in [0.25, 0.3) is 0 Å². The molecular weight excluding hydrogens is 549 g/mol. The van der Waals surface area contributed by atoms with Crippen LogP contribution in [0.2, 0.25) is 36.3 Å². The summed E-state index contributed by atoms with van der Waals surface area (Å²) in [5.41, 5.74) is 0. The lowest BCUT2D eigenvalue weighted by Crippen LogP contribution is -2.45. The monoisotopic (exact) mass is 610 g/mol. The van der Waals surface area contributed by atoms with Crippen molar-refractivity contribution in [3.8, 4) is 0 Å². The summed E-state index contributed by atoms with van der Waals surface area (Å²) in [6, 6.07) is 0. The van der Waals surface area contributed by atoms with Crippen LogP contribution in [0.1, 0.15) is 113 Å². The molecule has 1 saturated carbocycles. The van der Waals surface area contributed by atoms with Gasteiger partial charge in [0.1, 0.15) is 11.6 Å². The first-order chi connectivity index (χ1) is 18.8. The van der Waals surface area contributed by atoms with E-state index < -0.39 is 16.6 Å². The van der Waals surface area contributed by atoms with Gasteiger partial charge in [-0.3, -0.25) is 14.4 Å². The maximum atomic E-state index is 13.4. The van der Waals surface area contributed by atoms with Crippen LogP contribution < -0.4 is 0 Å². The zero-order valence-electron chi connectivity index (χ0n) is 28.5. The van der Waals surface area contributed by atoms with Crippen molar-refractivity contribution in [2.24, 2.45) is 11.8 Å². The van der Waals surface area contributed by atoms with E-state index in [1.165, 1.54) is 7.11 Å². The van der Waals surface area contributed by atoms with E-state index in [1.54, 1.807) is 0 Å². The first-order valence-electron chi connectivity index (χ1n) is 15.9. The van der Waals surface area contributed by atoms with E-state index >= 15 is 0 Å². The molecule has 0 bridgehead atoms. The fraction of sp³-hybridized carbons (Fsp3) is 0.848. The van der Waals surface area contributed by atoms with E-state index in [-0.39, 0.29) is 58.1 Å². The largest absolute Gasteiger partial charge is 0.469 e. The second-order valence-corrected chi connectivity index (χ2v) is 24.6. The number of esters is 1. The average Bonchev–Trinajstić information content (AvgIpc) is 3.11. The van der Waals surface area contributed by atoms with Gasteiger partial charge in [0.25, 0.3) is 0 Å². The van der Waals surface area contributed by atoms with Crippen molar-refractivity contribution in [3.63, 3.8) is 0 Å². The predicted molar refractivity (Wildman–Crippen MR) is 174 cm³/mol. The van der Waals surface area contributed by atoms with Crippen LogP contribution >= 0.6 is 0 Å². The third kappa shape index (κ3) is 12.2. The van der Waals surface area contributed by atoms with Gasteiger partial charge in [-0.05, 0) is 55.5 Å². The summed E-state index contributed by atoms with van der Waals surface area (Å²) >= 11 is 0. The highest BCUT2D eigenvalue weighted by molar-refractivity contribution is 6.74. The predicted octanol–water partition coefficient (Wildman–Crippen LogP) is 8.80. The molecule has 6 nitrogen and oxygen atoms in total. The normalized spacial score (nSPS) is 21.5. The minimum atomic E-state index is -2.14. The minimum Gasteiger partial charge on any atom is -0.469 e. The lowest BCUT2D eigenvalue weighted by atomic mass is 9.88. The Morgan fingerprint density at radius 2 is 1.51 bits per heavy atom. The number of unbranched alkanes of at least 4 members (excludes halogenated alkanes) is 3. The fourth-order valence-electron chi connectivity index (χ4n) is 4.78. The van der Waals surface area contributed by atoms with Gasteiger partial charge in [-0.15, -0.1) is 0 Å². The van der Waals surface area contributed by atoms with E-state index in [1.807, 2.05) is 0 Å². The number of ether oxygens (including phenoxy) is 1. The van der Waals surface area contributed by atoms with E-state index in [9.17, 15) is 14.4 Å². The molecule has 0 amide bonds. The third-order valence-electron chi connectivity index (χ3n) is 9.62. The summed E-state index contributed by atoms with van der Waals surface area (Å²) in [6.07, 6.45) is 11.0. The van der Waals surface area contributed by atoms with Gasteiger partial charge >= 0.3 is 5.97 Å². The van der Waals surface area contributed by atoms with Crippen molar-refractivity contribution in [1.29, 1.82) is 0 Å². The molecule has 0 aromatic carbocycles. The van der Waals surface area contributed by atoms with Gasteiger partial charge in [-0.25, -0.2) is 0 Å². The van der Waals surface area contributed by atoms with Crippen molar-refractivity contribution >= 4 is 34.2 Å². The second kappa shape index (κ2) is 16.1. The molecule has 41 heavy (non-hydrogen) atoms. The van der Waals surface area contributed by atoms with Gasteiger partial charge in [0.15, 0.2) is 16.6 Å². The van der Waals surface area contributed by atoms with Crippen LogP contribution in [-0.4, -0.2) is 53.5 Å². The second-order valence-electron chi connectivity index (χ2n) is 15.1. The van der Waals surface area contributed by atoms with Crippen molar-refractivity contribution in [1.82, 2.24) is 0 Å². The molecule has 1 fully saturated rings. The Balaban J connectivity index is 3.23. The van der Waals surface area contributed by atoms with Crippen molar-refractivity contribution in [3.05, 3.63) is 12.2 Å². The SMILES string of the molecule is CCCCCC(C=C[C@H]1C(O[Si](C)(C)C(C)(C)C)CC(=O)[C@@H]1CC(=O)CCCCC(=O)OC)O[Si](C)(C)C(C)(C)C. The number of hydrogen-bond acceptors (Lipinski definition) is 6. The summed E-state index contributed by atoms with van der Waals surface area (Å²) in [4.78, 5) is 37.8. The highest BCUT2D eigenvalue weighted by Crippen LogP contribution is 2.43. The highest BCUT2D eigenvalue weighted by atomic mass is 28.4. The van der Waals surface area contributed by atoms with Crippen LogP contribution in [0.5, 0.6) is 0 Å². The molecule has 1 rings (SSSR count). The zero-order chi connectivity index (χ0) is 31.6. The van der Waals surface area contributed by atoms with E-state index in [0.717, 1.165) is 25.7 Å². The highest BCUT2D eigenvalue weighted by Gasteiger charge is 2.47. The maximum absolute atomic E-state index is 13.4. The van der Waals surface area contributed by atoms with Crippen LogP contribution in [0.3, 0.4) is 0 Å². The summed E-state index contributed by atoms with van der Waals surface area (Å²) in [5, 5.41) is 0.121. The molecule has 0 spiro atoms. The minimum absolute atomic E-state index is 0.0126. The summed E-state index contributed by atoms with van der Waals surface area (Å²) in [6.45, 7) is 24.7. The molecule has 0 aromatic heterocycles. The number of hydrogen-bond donors (Lipinski definition) is 0. The van der Waals surface area contributed by atoms with Crippen LogP contribution in [0.15, 0.2) is 12.2 Å². The molecule has 0 saturated heterocycles. The van der Waals surface area contributed by atoms with E-state index in [0.29, 0.717) is 32.1 Å². The van der Waals surface area contributed by atoms with E-state index in [2.05, 4.69) is 86.8 Å².